The lowest BCUT2D eigenvalue weighted by Crippen LogP contribution is -2.24. The van der Waals surface area contributed by atoms with E-state index in [2.05, 4.69) is 41.9 Å². The lowest BCUT2D eigenvalue weighted by molar-refractivity contribution is -0.116. The molecule has 0 saturated heterocycles. The maximum Gasteiger partial charge on any atom is 0.239 e. The molecule has 272 valence electrons. The molecule has 0 saturated carbocycles. The SMILES string of the molecule is CC(=O)Nn1c(Cc2c(NC(=O)CCl)sc3c2CCCC3)nnc1SCSc1nnc(Cc2c(NC(=O)CCl)sc3c2CCCC3)n1NC(C)=O. The molecular weight excluding hydrogens is 776 g/mol. The molecule has 0 aliphatic heterocycles. The van der Waals surface area contributed by atoms with Crippen molar-refractivity contribution >= 4 is 103 Å². The average Bonchev–Trinajstić information content (AvgIpc) is 3.86. The number of aromatic nitrogens is 6. The Balaban J connectivity index is 1.22. The van der Waals surface area contributed by atoms with E-state index in [4.69, 9.17) is 23.2 Å². The molecule has 0 unspecified atom stereocenters. The van der Waals surface area contributed by atoms with Crippen LogP contribution in [0.4, 0.5) is 10.0 Å². The van der Waals surface area contributed by atoms with E-state index < -0.39 is 0 Å². The van der Waals surface area contributed by atoms with E-state index in [0.29, 0.717) is 39.9 Å². The first-order valence-electron chi connectivity index (χ1n) is 16.3. The van der Waals surface area contributed by atoms with E-state index >= 15 is 0 Å². The number of aryl methyl sites for hydroxylation is 2. The molecule has 4 N–H and O–H groups in total. The van der Waals surface area contributed by atoms with Gasteiger partial charge in [-0.25, -0.2) is 9.35 Å². The zero-order valence-electron chi connectivity index (χ0n) is 27.9. The minimum Gasteiger partial charge on any atom is -0.316 e. The summed E-state index contributed by atoms with van der Waals surface area (Å²) in [5.41, 5.74) is 10.0. The summed E-state index contributed by atoms with van der Waals surface area (Å²) in [5, 5.41) is 26.4. The van der Waals surface area contributed by atoms with Crippen molar-refractivity contribution in [1.29, 1.82) is 0 Å². The van der Waals surface area contributed by atoms with Gasteiger partial charge in [-0.2, -0.15) is 0 Å². The van der Waals surface area contributed by atoms with Gasteiger partial charge in [-0.1, -0.05) is 23.5 Å². The van der Waals surface area contributed by atoms with Gasteiger partial charge >= 0.3 is 0 Å². The van der Waals surface area contributed by atoms with E-state index in [1.807, 2.05) is 0 Å². The third-order valence-corrected chi connectivity index (χ3v) is 13.3. The first-order valence-corrected chi connectivity index (χ1v) is 21.0. The fourth-order valence-electron chi connectivity index (χ4n) is 6.17. The number of nitrogens with one attached hydrogen (secondary N) is 4. The van der Waals surface area contributed by atoms with Gasteiger partial charge in [0.05, 0.1) is 15.1 Å². The van der Waals surface area contributed by atoms with Crippen LogP contribution in [0.2, 0.25) is 0 Å². The number of thioether (sulfide) groups is 2. The molecule has 0 radical (unpaired) electrons. The summed E-state index contributed by atoms with van der Waals surface area (Å²) in [6, 6.07) is 0. The van der Waals surface area contributed by atoms with Crippen molar-refractivity contribution in [2.75, 3.05) is 38.3 Å². The van der Waals surface area contributed by atoms with Gasteiger partial charge in [0.2, 0.25) is 33.9 Å². The quantitative estimate of drug-likeness (QED) is 0.0742. The van der Waals surface area contributed by atoms with E-state index in [1.54, 1.807) is 32.0 Å². The Morgan fingerprint density at radius 1 is 0.667 bits per heavy atom. The maximum atomic E-state index is 12.3. The molecule has 4 aromatic rings. The Labute approximate surface area is 320 Å². The smallest absolute Gasteiger partial charge is 0.239 e. The van der Waals surface area contributed by atoms with Crippen molar-refractivity contribution in [1.82, 2.24) is 29.7 Å². The second-order valence-electron chi connectivity index (χ2n) is 12.0. The molecule has 4 amide bonds. The largest absolute Gasteiger partial charge is 0.316 e. The number of rotatable bonds is 14. The summed E-state index contributed by atoms with van der Waals surface area (Å²) < 4.78 is 3.15. The van der Waals surface area contributed by atoms with Crippen molar-refractivity contribution < 1.29 is 19.2 Å². The van der Waals surface area contributed by atoms with Crippen LogP contribution in [0.5, 0.6) is 0 Å². The van der Waals surface area contributed by atoms with E-state index in [0.717, 1.165) is 72.5 Å². The van der Waals surface area contributed by atoms with E-state index in [1.165, 1.54) is 58.3 Å². The van der Waals surface area contributed by atoms with Gasteiger partial charge in [0, 0.05) is 36.4 Å². The van der Waals surface area contributed by atoms with Gasteiger partial charge in [0.1, 0.15) is 11.8 Å². The number of hydrogen-bond donors (Lipinski definition) is 4. The van der Waals surface area contributed by atoms with Gasteiger partial charge < -0.3 is 10.6 Å². The number of nitrogens with zero attached hydrogens (tertiary/aromatic N) is 6. The Bertz CT molecular complexity index is 1820. The Morgan fingerprint density at radius 3 is 1.47 bits per heavy atom. The summed E-state index contributed by atoms with van der Waals surface area (Å²) in [4.78, 5) is 51.6. The molecule has 0 fully saturated rings. The van der Waals surface area contributed by atoms with Gasteiger partial charge in [-0.3, -0.25) is 30.0 Å². The number of carbonyl (C=O) groups is 4. The average molecular weight is 812 g/mol. The lowest BCUT2D eigenvalue weighted by Gasteiger charge is -2.15. The van der Waals surface area contributed by atoms with Crippen LogP contribution in [-0.2, 0) is 57.7 Å². The highest BCUT2D eigenvalue weighted by Crippen LogP contribution is 2.41. The summed E-state index contributed by atoms with van der Waals surface area (Å²) in [6.07, 6.45) is 8.72. The number of halogens is 2. The first-order chi connectivity index (χ1) is 24.6. The standard InChI is InChI=1S/C31H36Cl2N10O4S4/c1-16(44)40-42-24(11-20-18-7-3-5-9-22(18)50-28(20)34-26(46)13-32)36-38-30(42)48-15-49-31-39-37-25(43(31)41-17(2)45)12-21-19-8-4-6-10-23(19)51-29(21)35-27(47)14-33/h3-15H2,1-2H3,(H,34,46)(H,35,47)(H,40,44)(H,41,45). The van der Waals surface area contributed by atoms with E-state index in [9.17, 15) is 19.2 Å². The normalized spacial score (nSPS) is 13.7. The summed E-state index contributed by atoms with van der Waals surface area (Å²) in [6.45, 7) is 2.83. The fourth-order valence-corrected chi connectivity index (χ4v) is 10.8. The number of carbonyl (C=O) groups excluding carboxylic acids is 4. The molecular formula is C31H36Cl2N10O4S4. The molecule has 20 heteroatoms. The van der Waals surface area contributed by atoms with Crippen LogP contribution < -0.4 is 21.5 Å². The second-order valence-corrected chi connectivity index (χ2v) is 17.0. The second kappa shape index (κ2) is 17.1. The fraction of sp³-hybridized carbons (Fsp3) is 0.484. The minimum absolute atomic E-state index is 0.149. The highest BCUT2D eigenvalue weighted by Gasteiger charge is 2.27. The number of alkyl halides is 2. The molecule has 4 aromatic heterocycles. The molecule has 6 rings (SSSR count). The van der Waals surface area contributed by atoms with Crippen molar-refractivity contribution in [3.05, 3.63) is 43.7 Å². The molecule has 14 nitrogen and oxygen atoms in total. The number of hydrogen-bond acceptors (Lipinski definition) is 12. The Kier molecular flexibility index (Phi) is 12.6. The van der Waals surface area contributed by atoms with Gasteiger partial charge in [0.25, 0.3) is 0 Å². The van der Waals surface area contributed by atoms with Crippen molar-refractivity contribution in [2.45, 2.75) is 88.4 Å². The summed E-state index contributed by atoms with van der Waals surface area (Å²) in [7, 11) is 0. The maximum absolute atomic E-state index is 12.3. The number of fused-ring (bicyclic) bond motifs is 2. The van der Waals surface area contributed by atoms with E-state index in [-0.39, 0.29) is 35.4 Å². The highest BCUT2D eigenvalue weighted by atomic mass is 35.5. The summed E-state index contributed by atoms with van der Waals surface area (Å²) in [5.74, 6) is -0.405. The monoisotopic (exact) mass is 810 g/mol. The van der Waals surface area contributed by atoms with Crippen LogP contribution in [0, 0.1) is 0 Å². The topological polar surface area (TPSA) is 178 Å². The van der Waals surface area contributed by atoms with Crippen molar-refractivity contribution in [3.8, 4) is 0 Å². The molecule has 2 aliphatic rings. The van der Waals surface area contributed by atoms with Crippen LogP contribution in [0.3, 0.4) is 0 Å². The lowest BCUT2D eigenvalue weighted by atomic mass is 9.94. The minimum atomic E-state index is -0.291. The first kappa shape index (κ1) is 37.6. The third-order valence-electron chi connectivity index (χ3n) is 8.30. The molecule has 4 heterocycles. The molecule has 51 heavy (non-hydrogen) atoms. The van der Waals surface area contributed by atoms with Crippen LogP contribution in [-0.4, -0.2) is 70.2 Å². The Hall–Kier alpha value is -3.16. The van der Waals surface area contributed by atoms with Crippen LogP contribution >= 0.6 is 69.4 Å². The van der Waals surface area contributed by atoms with Gasteiger partial charge in [0.15, 0.2) is 11.6 Å². The molecule has 0 bridgehead atoms. The number of thiophene rings is 2. The Morgan fingerprint density at radius 2 is 1.08 bits per heavy atom. The number of amides is 4. The van der Waals surface area contributed by atoms with Gasteiger partial charge in [-0.05, 0) is 73.6 Å². The van der Waals surface area contributed by atoms with Crippen LogP contribution in [0.1, 0.15) is 83.2 Å². The predicted molar refractivity (Wildman–Crippen MR) is 203 cm³/mol. The molecule has 0 aromatic carbocycles. The molecule has 0 spiro atoms. The number of anilines is 2. The van der Waals surface area contributed by atoms with Crippen LogP contribution in [0.15, 0.2) is 10.3 Å². The van der Waals surface area contributed by atoms with Crippen molar-refractivity contribution in [2.24, 2.45) is 0 Å². The molecule has 2 aliphatic carbocycles. The van der Waals surface area contributed by atoms with Crippen molar-refractivity contribution in [3.63, 3.8) is 0 Å². The zero-order chi connectivity index (χ0) is 36.1. The zero-order valence-corrected chi connectivity index (χ0v) is 32.7. The third kappa shape index (κ3) is 8.90. The van der Waals surface area contributed by atoms with Crippen LogP contribution in [0.25, 0.3) is 0 Å². The van der Waals surface area contributed by atoms with Gasteiger partial charge in [-0.15, -0.1) is 66.3 Å². The summed E-state index contributed by atoms with van der Waals surface area (Å²) >= 11 is 17.4. The highest BCUT2D eigenvalue weighted by molar-refractivity contribution is 8.15. The molecule has 0 atom stereocenters. The predicted octanol–water partition coefficient (Wildman–Crippen LogP) is 5.31.